The molecule has 0 spiro atoms. The van der Waals surface area contributed by atoms with Gasteiger partial charge < -0.3 is 15.0 Å². The molecule has 2 N–H and O–H groups in total. The van der Waals surface area contributed by atoms with Crippen molar-refractivity contribution in [2.24, 2.45) is 0 Å². The second-order valence-electron chi connectivity index (χ2n) is 6.76. The van der Waals surface area contributed by atoms with Crippen LogP contribution in [0, 0.1) is 6.92 Å². The molecule has 5 heteroatoms. The lowest BCUT2D eigenvalue weighted by Crippen LogP contribution is -2.43. The highest BCUT2D eigenvalue weighted by Crippen LogP contribution is 2.30. The summed E-state index contributed by atoms with van der Waals surface area (Å²) < 4.78 is 6.06. The van der Waals surface area contributed by atoms with Gasteiger partial charge in [0, 0.05) is 37.1 Å². The Bertz CT molecular complexity index is 712. The number of amides is 1. The summed E-state index contributed by atoms with van der Waals surface area (Å²) in [7, 11) is 0. The van der Waals surface area contributed by atoms with Gasteiger partial charge in [-0.3, -0.25) is 9.69 Å². The highest BCUT2D eigenvalue weighted by molar-refractivity contribution is 5.95. The molecule has 5 nitrogen and oxygen atoms in total. The molecule has 0 aliphatic carbocycles. The summed E-state index contributed by atoms with van der Waals surface area (Å²) in [5.74, 6) is 0.0131. The van der Waals surface area contributed by atoms with Crippen molar-refractivity contribution in [2.75, 3.05) is 19.7 Å². The zero-order chi connectivity index (χ0) is 16.5. The van der Waals surface area contributed by atoms with Crippen molar-refractivity contribution in [3.8, 4) is 0 Å². The Morgan fingerprint density at radius 1 is 1.25 bits per heavy atom. The monoisotopic (exact) mass is 325 g/mol. The molecule has 2 aromatic rings. The standard InChI is InChI=1S/C19H23N3O2/c1-13-17(7-8-20-13)19(23)21-15-9-16-12-24-18(11-22(16)10-15)14-5-3-2-4-6-14/h2-8,15-16,18,20H,9-12H2,1H3,(H,21,23)/t15-,16+,18-/m1/s1. The number of ether oxygens (including phenoxy) is 1. The van der Waals surface area contributed by atoms with E-state index in [1.165, 1.54) is 5.56 Å². The third kappa shape index (κ3) is 2.97. The van der Waals surface area contributed by atoms with Gasteiger partial charge in [-0.05, 0) is 25.0 Å². The fourth-order valence-corrected chi connectivity index (χ4v) is 3.81. The SMILES string of the molecule is Cc1[nH]ccc1C(=O)N[C@@H]1C[C@H]2CO[C@@H](c3ccccc3)CN2C1. The van der Waals surface area contributed by atoms with E-state index in [9.17, 15) is 4.79 Å². The number of rotatable bonds is 3. The molecule has 24 heavy (non-hydrogen) atoms. The summed E-state index contributed by atoms with van der Waals surface area (Å²) in [4.78, 5) is 17.9. The van der Waals surface area contributed by atoms with Crippen LogP contribution in [-0.4, -0.2) is 47.6 Å². The van der Waals surface area contributed by atoms with E-state index >= 15 is 0 Å². The van der Waals surface area contributed by atoms with Crippen LogP contribution in [0.4, 0.5) is 0 Å². The van der Waals surface area contributed by atoms with Crippen LogP contribution < -0.4 is 5.32 Å². The van der Waals surface area contributed by atoms with E-state index in [4.69, 9.17) is 4.74 Å². The average molecular weight is 325 g/mol. The maximum Gasteiger partial charge on any atom is 0.253 e. The Balaban J connectivity index is 1.38. The zero-order valence-corrected chi connectivity index (χ0v) is 13.9. The third-order valence-corrected chi connectivity index (χ3v) is 5.12. The van der Waals surface area contributed by atoms with Crippen LogP contribution in [0.1, 0.15) is 34.1 Å². The lowest BCUT2D eigenvalue weighted by atomic mass is 10.1. The summed E-state index contributed by atoms with van der Waals surface area (Å²) in [6.07, 6.45) is 2.89. The number of nitrogens with zero attached hydrogens (tertiary/aromatic N) is 1. The first-order chi connectivity index (χ1) is 11.7. The maximum atomic E-state index is 12.4. The molecule has 3 heterocycles. The molecule has 0 radical (unpaired) electrons. The van der Waals surface area contributed by atoms with Crippen molar-refractivity contribution < 1.29 is 9.53 Å². The molecular weight excluding hydrogens is 302 g/mol. The Kier molecular flexibility index (Phi) is 4.12. The topological polar surface area (TPSA) is 57.4 Å². The highest BCUT2D eigenvalue weighted by atomic mass is 16.5. The lowest BCUT2D eigenvalue weighted by molar-refractivity contribution is -0.0502. The average Bonchev–Trinajstić information content (AvgIpc) is 3.20. The molecular formula is C19H23N3O2. The van der Waals surface area contributed by atoms with E-state index < -0.39 is 0 Å². The van der Waals surface area contributed by atoms with Crippen molar-refractivity contribution in [3.63, 3.8) is 0 Å². The van der Waals surface area contributed by atoms with Gasteiger partial charge in [0.25, 0.3) is 5.91 Å². The van der Waals surface area contributed by atoms with Crippen LogP contribution in [0.3, 0.4) is 0 Å². The number of morpholine rings is 1. The molecule has 3 atom stereocenters. The van der Waals surface area contributed by atoms with Crippen LogP contribution in [0.2, 0.25) is 0 Å². The number of carbonyl (C=O) groups is 1. The molecule has 1 aromatic carbocycles. The molecule has 2 aliphatic rings. The minimum atomic E-state index is 0.0131. The quantitative estimate of drug-likeness (QED) is 0.910. The molecule has 0 saturated carbocycles. The number of aryl methyl sites for hydroxylation is 1. The second-order valence-corrected chi connectivity index (χ2v) is 6.76. The minimum Gasteiger partial charge on any atom is -0.371 e. The third-order valence-electron chi connectivity index (χ3n) is 5.12. The number of hydrogen-bond acceptors (Lipinski definition) is 3. The highest BCUT2D eigenvalue weighted by Gasteiger charge is 2.38. The van der Waals surface area contributed by atoms with Crippen LogP contribution in [0.25, 0.3) is 0 Å². The van der Waals surface area contributed by atoms with Gasteiger partial charge in [-0.1, -0.05) is 30.3 Å². The number of benzene rings is 1. The normalized spacial score (nSPS) is 27.0. The molecule has 126 valence electrons. The molecule has 2 fully saturated rings. The summed E-state index contributed by atoms with van der Waals surface area (Å²) in [6, 6.07) is 12.8. The number of hydrogen-bond donors (Lipinski definition) is 2. The first-order valence-corrected chi connectivity index (χ1v) is 8.56. The summed E-state index contributed by atoms with van der Waals surface area (Å²) in [6.45, 7) is 4.44. The van der Waals surface area contributed by atoms with Crippen molar-refractivity contribution in [2.45, 2.75) is 31.5 Å². The van der Waals surface area contributed by atoms with Crippen LogP contribution in [0.15, 0.2) is 42.6 Å². The van der Waals surface area contributed by atoms with Gasteiger partial charge in [0.05, 0.1) is 18.3 Å². The van der Waals surface area contributed by atoms with Gasteiger partial charge in [0.15, 0.2) is 0 Å². The first kappa shape index (κ1) is 15.4. The van der Waals surface area contributed by atoms with Gasteiger partial charge in [-0.2, -0.15) is 0 Å². The second kappa shape index (κ2) is 6.42. The molecule has 1 amide bonds. The Morgan fingerprint density at radius 3 is 2.83 bits per heavy atom. The minimum absolute atomic E-state index is 0.0131. The number of nitrogens with one attached hydrogen (secondary N) is 2. The Hall–Kier alpha value is -2.11. The number of aromatic nitrogens is 1. The molecule has 2 saturated heterocycles. The summed E-state index contributed by atoms with van der Waals surface area (Å²) >= 11 is 0. The Labute approximate surface area is 142 Å². The number of carbonyl (C=O) groups excluding carboxylic acids is 1. The number of H-pyrrole nitrogens is 1. The van der Waals surface area contributed by atoms with E-state index in [2.05, 4.69) is 39.5 Å². The number of aromatic amines is 1. The van der Waals surface area contributed by atoms with E-state index in [0.29, 0.717) is 6.04 Å². The smallest absolute Gasteiger partial charge is 0.253 e. The zero-order valence-electron chi connectivity index (χ0n) is 13.9. The van der Waals surface area contributed by atoms with Gasteiger partial charge in [-0.25, -0.2) is 0 Å². The van der Waals surface area contributed by atoms with Crippen molar-refractivity contribution in [3.05, 3.63) is 59.4 Å². The fraction of sp³-hybridized carbons (Fsp3) is 0.421. The van der Waals surface area contributed by atoms with Crippen LogP contribution >= 0.6 is 0 Å². The van der Waals surface area contributed by atoms with E-state index in [1.54, 1.807) is 6.20 Å². The largest absolute Gasteiger partial charge is 0.371 e. The maximum absolute atomic E-state index is 12.4. The van der Waals surface area contributed by atoms with E-state index in [1.807, 2.05) is 19.1 Å². The predicted octanol–water partition coefficient (Wildman–Crippen LogP) is 2.27. The van der Waals surface area contributed by atoms with Crippen molar-refractivity contribution in [1.82, 2.24) is 15.2 Å². The van der Waals surface area contributed by atoms with Crippen molar-refractivity contribution in [1.29, 1.82) is 0 Å². The molecule has 1 aromatic heterocycles. The van der Waals surface area contributed by atoms with Gasteiger partial charge in [0.2, 0.25) is 0 Å². The van der Waals surface area contributed by atoms with Crippen LogP contribution in [-0.2, 0) is 4.74 Å². The Morgan fingerprint density at radius 2 is 2.08 bits per heavy atom. The first-order valence-electron chi connectivity index (χ1n) is 8.56. The molecule has 2 aliphatic heterocycles. The summed E-state index contributed by atoms with van der Waals surface area (Å²) in [5.41, 5.74) is 2.88. The van der Waals surface area contributed by atoms with E-state index in [-0.39, 0.29) is 18.1 Å². The molecule has 4 rings (SSSR count). The lowest BCUT2D eigenvalue weighted by Gasteiger charge is -2.35. The summed E-state index contributed by atoms with van der Waals surface area (Å²) in [5, 5.41) is 3.18. The fourth-order valence-electron chi connectivity index (χ4n) is 3.81. The van der Waals surface area contributed by atoms with Gasteiger partial charge in [-0.15, -0.1) is 0 Å². The van der Waals surface area contributed by atoms with E-state index in [0.717, 1.165) is 37.4 Å². The van der Waals surface area contributed by atoms with Gasteiger partial charge in [0.1, 0.15) is 0 Å². The molecule has 0 unspecified atom stereocenters. The van der Waals surface area contributed by atoms with Crippen LogP contribution in [0.5, 0.6) is 0 Å². The number of fused-ring (bicyclic) bond motifs is 1. The predicted molar refractivity (Wildman–Crippen MR) is 91.9 cm³/mol. The van der Waals surface area contributed by atoms with Crippen molar-refractivity contribution >= 4 is 5.91 Å². The van der Waals surface area contributed by atoms with Gasteiger partial charge >= 0.3 is 0 Å². The molecule has 0 bridgehead atoms.